The van der Waals surface area contributed by atoms with E-state index in [2.05, 4.69) is 12.2 Å². The number of nitrogens with one attached hydrogen (secondary N) is 1. The van der Waals surface area contributed by atoms with Crippen LogP contribution in [0.3, 0.4) is 0 Å². The number of esters is 1. The summed E-state index contributed by atoms with van der Waals surface area (Å²) in [6, 6.07) is 5.20. The molecule has 150 valence electrons. The predicted octanol–water partition coefficient (Wildman–Crippen LogP) is 4.54. The van der Waals surface area contributed by atoms with Gasteiger partial charge >= 0.3 is 5.97 Å². The number of carbonyl (C=O) groups excluding carboxylic acids is 2. The second kappa shape index (κ2) is 13.7. The number of nitrogens with zero attached hydrogens (tertiary/aromatic N) is 1. The molecule has 1 rings (SSSR count). The molecule has 0 atom stereocenters. The van der Waals surface area contributed by atoms with Gasteiger partial charge in [0.15, 0.2) is 0 Å². The SMILES string of the molecule is CCCCCCCCCCCC(=O)NCC(=O)Oc1ccc([N+](=O)[O-])cc1. The van der Waals surface area contributed by atoms with E-state index in [1.807, 2.05) is 0 Å². The number of nitro groups is 1. The molecule has 0 aliphatic heterocycles. The third-order valence-electron chi connectivity index (χ3n) is 4.22. The van der Waals surface area contributed by atoms with Crippen molar-refractivity contribution < 1.29 is 19.2 Å². The monoisotopic (exact) mass is 378 g/mol. The maximum Gasteiger partial charge on any atom is 0.330 e. The topological polar surface area (TPSA) is 98.5 Å². The molecule has 0 aliphatic carbocycles. The number of unbranched alkanes of at least 4 members (excludes halogenated alkanes) is 8. The molecule has 0 saturated heterocycles. The molecule has 1 aromatic carbocycles. The molecular formula is C20H30N2O5. The number of carbonyl (C=O) groups is 2. The van der Waals surface area contributed by atoms with Gasteiger partial charge in [0, 0.05) is 18.6 Å². The first-order valence-electron chi connectivity index (χ1n) is 9.74. The van der Waals surface area contributed by atoms with Crippen LogP contribution in [-0.4, -0.2) is 23.3 Å². The summed E-state index contributed by atoms with van der Waals surface area (Å²) in [5.74, 6) is -0.568. The van der Waals surface area contributed by atoms with E-state index in [1.165, 1.54) is 62.8 Å². The lowest BCUT2D eigenvalue weighted by Crippen LogP contribution is -2.31. The quantitative estimate of drug-likeness (QED) is 0.168. The van der Waals surface area contributed by atoms with Crippen LogP contribution in [0.4, 0.5) is 5.69 Å². The molecule has 0 heterocycles. The zero-order valence-electron chi connectivity index (χ0n) is 16.1. The Balaban J connectivity index is 2.07. The van der Waals surface area contributed by atoms with Crippen LogP contribution in [0.1, 0.15) is 71.1 Å². The van der Waals surface area contributed by atoms with E-state index in [0.717, 1.165) is 19.3 Å². The summed E-state index contributed by atoms with van der Waals surface area (Å²) in [5, 5.41) is 13.1. The van der Waals surface area contributed by atoms with Gasteiger partial charge in [-0.1, -0.05) is 58.3 Å². The first kappa shape index (κ1) is 22.6. The number of non-ortho nitro benzene ring substituents is 1. The Kier molecular flexibility index (Phi) is 11.5. The summed E-state index contributed by atoms with van der Waals surface area (Å²) in [6.45, 7) is 1.99. The van der Waals surface area contributed by atoms with Crippen molar-refractivity contribution in [1.82, 2.24) is 5.32 Å². The van der Waals surface area contributed by atoms with Crippen LogP contribution in [0.2, 0.25) is 0 Å². The summed E-state index contributed by atoms with van der Waals surface area (Å²) >= 11 is 0. The molecule has 1 N–H and O–H groups in total. The maximum atomic E-state index is 11.7. The van der Waals surface area contributed by atoms with E-state index in [9.17, 15) is 19.7 Å². The van der Waals surface area contributed by atoms with Crippen LogP contribution in [0.25, 0.3) is 0 Å². The standard InChI is InChI=1S/C20H30N2O5/c1-2-3-4-5-6-7-8-9-10-11-19(23)21-16-20(24)27-18-14-12-17(13-15-18)22(25)26/h12-15H,2-11,16H2,1H3,(H,21,23). The highest BCUT2D eigenvalue weighted by Crippen LogP contribution is 2.17. The predicted molar refractivity (Wildman–Crippen MR) is 104 cm³/mol. The number of hydrogen-bond acceptors (Lipinski definition) is 5. The Morgan fingerprint density at radius 3 is 2.07 bits per heavy atom. The average Bonchev–Trinajstić information content (AvgIpc) is 2.65. The van der Waals surface area contributed by atoms with Gasteiger partial charge in [0.25, 0.3) is 5.69 Å². The Morgan fingerprint density at radius 1 is 0.963 bits per heavy atom. The van der Waals surface area contributed by atoms with Gasteiger partial charge in [-0.05, 0) is 18.6 Å². The van der Waals surface area contributed by atoms with Crippen LogP contribution >= 0.6 is 0 Å². The van der Waals surface area contributed by atoms with Gasteiger partial charge in [-0.3, -0.25) is 14.9 Å². The van der Waals surface area contributed by atoms with Crippen LogP contribution in [0, 0.1) is 10.1 Å². The van der Waals surface area contributed by atoms with Gasteiger partial charge < -0.3 is 10.1 Å². The second-order valence-corrected chi connectivity index (χ2v) is 6.58. The Hall–Kier alpha value is -2.44. The lowest BCUT2D eigenvalue weighted by atomic mass is 10.1. The second-order valence-electron chi connectivity index (χ2n) is 6.58. The Morgan fingerprint density at radius 2 is 1.52 bits per heavy atom. The van der Waals surface area contributed by atoms with Crippen LogP contribution in [0.5, 0.6) is 5.75 Å². The molecule has 0 saturated carbocycles. The van der Waals surface area contributed by atoms with Crippen molar-refractivity contribution in [1.29, 1.82) is 0 Å². The fourth-order valence-electron chi connectivity index (χ4n) is 2.66. The number of nitro benzene ring substituents is 1. The number of ether oxygens (including phenoxy) is 1. The summed E-state index contributed by atoms with van der Waals surface area (Å²) in [4.78, 5) is 33.5. The first-order valence-corrected chi connectivity index (χ1v) is 9.74. The third-order valence-corrected chi connectivity index (χ3v) is 4.22. The molecule has 0 spiro atoms. The molecule has 0 bridgehead atoms. The van der Waals surface area contributed by atoms with E-state index < -0.39 is 10.9 Å². The lowest BCUT2D eigenvalue weighted by Gasteiger charge is -2.06. The molecule has 0 radical (unpaired) electrons. The summed E-state index contributed by atoms with van der Waals surface area (Å²) < 4.78 is 5.02. The summed E-state index contributed by atoms with van der Waals surface area (Å²) in [6.07, 6.45) is 11.0. The van der Waals surface area contributed by atoms with E-state index in [4.69, 9.17) is 4.74 Å². The number of hydrogen-bond donors (Lipinski definition) is 1. The highest BCUT2D eigenvalue weighted by atomic mass is 16.6. The van der Waals surface area contributed by atoms with Gasteiger partial charge in [0.05, 0.1) is 4.92 Å². The Labute approximate surface area is 160 Å². The van der Waals surface area contributed by atoms with Crippen LogP contribution in [-0.2, 0) is 9.59 Å². The molecular weight excluding hydrogens is 348 g/mol. The molecule has 0 unspecified atom stereocenters. The van der Waals surface area contributed by atoms with Crippen LogP contribution in [0.15, 0.2) is 24.3 Å². The zero-order valence-corrected chi connectivity index (χ0v) is 16.1. The average molecular weight is 378 g/mol. The van der Waals surface area contributed by atoms with Crippen molar-refractivity contribution in [3.05, 3.63) is 34.4 Å². The molecule has 1 amide bonds. The number of amides is 1. The van der Waals surface area contributed by atoms with Gasteiger partial charge in [0.2, 0.25) is 5.91 Å². The lowest BCUT2D eigenvalue weighted by molar-refractivity contribution is -0.384. The molecule has 7 heteroatoms. The first-order chi connectivity index (χ1) is 13.0. The van der Waals surface area contributed by atoms with Gasteiger partial charge in [0.1, 0.15) is 12.3 Å². The van der Waals surface area contributed by atoms with Gasteiger partial charge in [-0.2, -0.15) is 0 Å². The Bertz CT molecular complexity index is 587. The molecule has 0 aromatic heterocycles. The minimum absolute atomic E-state index is 0.0796. The summed E-state index contributed by atoms with van der Waals surface area (Å²) in [5.41, 5.74) is -0.0796. The normalized spacial score (nSPS) is 10.4. The molecule has 0 aliphatic rings. The highest BCUT2D eigenvalue weighted by molar-refractivity contribution is 5.82. The minimum Gasteiger partial charge on any atom is -0.425 e. The molecule has 0 fully saturated rings. The van der Waals surface area contributed by atoms with Crippen molar-refractivity contribution in [2.45, 2.75) is 71.1 Å². The maximum absolute atomic E-state index is 11.7. The molecule has 1 aromatic rings. The fraction of sp³-hybridized carbons (Fsp3) is 0.600. The van der Waals surface area contributed by atoms with Gasteiger partial charge in [-0.25, -0.2) is 4.79 Å². The minimum atomic E-state index is -0.607. The van der Waals surface area contributed by atoms with Gasteiger partial charge in [-0.15, -0.1) is 0 Å². The van der Waals surface area contributed by atoms with Crippen molar-refractivity contribution in [3.63, 3.8) is 0 Å². The zero-order chi connectivity index (χ0) is 19.9. The fourth-order valence-corrected chi connectivity index (χ4v) is 2.66. The van der Waals surface area contributed by atoms with E-state index in [0.29, 0.717) is 6.42 Å². The van der Waals surface area contributed by atoms with Crippen molar-refractivity contribution in [2.75, 3.05) is 6.54 Å². The van der Waals surface area contributed by atoms with Crippen molar-refractivity contribution >= 4 is 17.6 Å². The largest absolute Gasteiger partial charge is 0.425 e. The van der Waals surface area contributed by atoms with Crippen molar-refractivity contribution in [2.24, 2.45) is 0 Å². The molecule has 7 nitrogen and oxygen atoms in total. The van der Waals surface area contributed by atoms with Crippen molar-refractivity contribution in [3.8, 4) is 5.75 Å². The molecule has 27 heavy (non-hydrogen) atoms. The number of rotatable bonds is 14. The number of benzene rings is 1. The summed E-state index contributed by atoms with van der Waals surface area (Å²) in [7, 11) is 0. The van der Waals surface area contributed by atoms with E-state index in [-0.39, 0.29) is 23.9 Å². The highest BCUT2D eigenvalue weighted by Gasteiger charge is 2.09. The van der Waals surface area contributed by atoms with E-state index in [1.54, 1.807) is 0 Å². The van der Waals surface area contributed by atoms with Crippen LogP contribution < -0.4 is 10.1 Å². The third kappa shape index (κ3) is 11.0. The van der Waals surface area contributed by atoms with E-state index >= 15 is 0 Å². The smallest absolute Gasteiger partial charge is 0.330 e.